The zero-order chi connectivity index (χ0) is 16.8. The van der Waals surface area contributed by atoms with Crippen LogP contribution in [0.3, 0.4) is 0 Å². The van der Waals surface area contributed by atoms with Gasteiger partial charge in [0.25, 0.3) is 0 Å². The molecule has 1 amide bonds. The quantitative estimate of drug-likeness (QED) is 0.814. The van der Waals surface area contributed by atoms with Gasteiger partial charge in [0.2, 0.25) is 5.91 Å². The van der Waals surface area contributed by atoms with E-state index in [4.69, 9.17) is 4.74 Å². The van der Waals surface area contributed by atoms with Gasteiger partial charge in [0.15, 0.2) is 0 Å². The first-order valence-electron chi connectivity index (χ1n) is 8.53. The SMILES string of the molecule is CCOCC(=O)N1CCC[C@H](c2nccn2Cc2ccncc2)C1. The Morgan fingerprint density at radius 1 is 1.33 bits per heavy atom. The Bertz CT molecular complexity index is 656. The van der Waals surface area contributed by atoms with Crippen LogP contribution in [0.15, 0.2) is 36.9 Å². The second-order valence-electron chi connectivity index (χ2n) is 6.08. The number of rotatable bonds is 6. The molecule has 1 aliphatic rings. The van der Waals surface area contributed by atoms with Gasteiger partial charge in [-0.2, -0.15) is 0 Å². The minimum Gasteiger partial charge on any atom is -0.372 e. The van der Waals surface area contributed by atoms with Crippen LogP contribution in [0.25, 0.3) is 0 Å². The molecule has 0 radical (unpaired) electrons. The van der Waals surface area contributed by atoms with Crippen molar-refractivity contribution in [1.29, 1.82) is 0 Å². The van der Waals surface area contributed by atoms with Crippen molar-refractivity contribution < 1.29 is 9.53 Å². The summed E-state index contributed by atoms with van der Waals surface area (Å²) in [6, 6.07) is 4.03. The zero-order valence-corrected chi connectivity index (χ0v) is 14.1. The molecule has 3 rings (SSSR count). The first-order valence-corrected chi connectivity index (χ1v) is 8.53. The van der Waals surface area contributed by atoms with E-state index in [1.165, 1.54) is 5.56 Å². The van der Waals surface area contributed by atoms with E-state index in [-0.39, 0.29) is 18.4 Å². The maximum absolute atomic E-state index is 12.2. The van der Waals surface area contributed by atoms with E-state index in [1.807, 2.05) is 36.4 Å². The molecule has 1 atom stereocenters. The highest BCUT2D eigenvalue weighted by molar-refractivity contribution is 5.77. The van der Waals surface area contributed by atoms with Crippen molar-refractivity contribution >= 4 is 5.91 Å². The summed E-state index contributed by atoms with van der Waals surface area (Å²) in [7, 11) is 0. The fourth-order valence-corrected chi connectivity index (χ4v) is 3.19. The van der Waals surface area contributed by atoms with Gasteiger partial charge in [-0.05, 0) is 37.5 Å². The first kappa shape index (κ1) is 16.6. The molecular weight excluding hydrogens is 304 g/mol. The molecule has 6 heteroatoms. The molecule has 128 valence electrons. The fraction of sp³-hybridized carbons (Fsp3) is 0.500. The van der Waals surface area contributed by atoms with E-state index >= 15 is 0 Å². The van der Waals surface area contributed by atoms with E-state index in [2.05, 4.69) is 14.5 Å². The number of hydrogen-bond donors (Lipinski definition) is 0. The van der Waals surface area contributed by atoms with Crippen LogP contribution in [0.1, 0.15) is 37.1 Å². The largest absolute Gasteiger partial charge is 0.372 e. The lowest BCUT2D eigenvalue weighted by atomic mass is 9.97. The average molecular weight is 328 g/mol. The first-order chi connectivity index (χ1) is 11.8. The van der Waals surface area contributed by atoms with Crippen molar-refractivity contribution in [3.05, 3.63) is 48.3 Å². The molecule has 1 saturated heterocycles. The molecule has 0 spiro atoms. The zero-order valence-electron chi connectivity index (χ0n) is 14.1. The summed E-state index contributed by atoms with van der Waals surface area (Å²) in [6.07, 6.45) is 9.53. The second-order valence-corrected chi connectivity index (χ2v) is 6.08. The summed E-state index contributed by atoms with van der Waals surface area (Å²) in [5, 5.41) is 0. The van der Waals surface area contributed by atoms with Gasteiger partial charge in [-0.25, -0.2) is 4.98 Å². The molecule has 6 nitrogen and oxygen atoms in total. The number of carbonyl (C=O) groups is 1. The Balaban J connectivity index is 1.68. The Labute approximate surface area is 142 Å². The van der Waals surface area contributed by atoms with Gasteiger partial charge in [0.05, 0.1) is 0 Å². The lowest BCUT2D eigenvalue weighted by Gasteiger charge is -2.32. The van der Waals surface area contributed by atoms with Gasteiger partial charge in [-0.1, -0.05) is 0 Å². The number of likely N-dealkylation sites (tertiary alicyclic amines) is 1. The minimum atomic E-state index is 0.0776. The maximum atomic E-state index is 12.2. The Hall–Kier alpha value is -2.21. The van der Waals surface area contributed by atoms with E-state index in [9.17, 15) is 4.79 Å². The van der Waals surface area contributed by atoms with Gasteiger partial charge in [0.1, 0.15) is 12.4 Å². The highest BCUT2D eigenvalue weighted by atomic mass is 16.5. The van der Waals surface area contributed by atoms with Crippen molar-refractivity contribution in [2.75, 3.05) is 26.3 Å². The van der Waals surface area contributed by atoms with Gasteiger partial charge < -0.3 is 14.2 Å². The molecule has 1 fully saturated rings. The normalized spacial score (nSPS) is 17.9. The van der Waals surface area contributed by atoms with Crippen LogP contribution in [0.5, 0.6) is 0 Å². The predicted octanol–water partition coefficient (Wildman–Crippen LogP) is 2.07. The standard InChI is InChI=1S/C18H24N4O2/c1-2-24-14-17(23)21-10-3-4-16(13-21)18-20-9-11-22(18)12-15-5-7-19-8-6-15/h5-9,11,16H,2-4,10,12-14H2,1H3/t16-/m0/s1. The summed E-state index contributed by atoms with van der Waals surface area (Å²) in [5.41, 5.74) is 1.20. The molecule has 0 unspecified atom stereocenters. The fourth-order valence-electron chi connectivity index (χ4n) is 3.19. The van der Waals surface area contributed by atoms with Gasteiger partial charge in [-0.15, -0.1) is 0 Å². The Morgan fingerprint density at radius 3 is 2.96 bits per heavy atom. The highest BCUT2D eigenvalue weighted by Crippen LogP contribution is 2.26. The number of pyridine rings is 1. The number of amides is 1. The molecule has 1 aliphatic heterocycles. The number of aromatic nitrogens is 3. The monoisotopic (exact) mass is 328 g/mol. The van der Waals surface area contributed by atoms with Crippen LogP contribution in [0, 0.1) is 0 Å². The topological polar surface area (TPSA) is 60.2 Å². The van der Waals surface area contributed by atoms with E-state index in [0.29, 0.717) is 6.61 Å². The third-order valence-corrected chi connectivity index (χ3v) is 4.42. The lowest BCUT2D eigenvalue weighted by molar-refractivity contribution is -0.137. The van der Waals surface area contributed by atoms with Gasteiger partial charge in [0, 0.05) is 56.9 Å². The molecule has 3 heterocycles. The minimum absolute atomic E-state index is 0.0776. The van der Waals surface area contributed by atoms with Crippen molar-refractivity contribution in [2.24, 2.45) is 0 Å². The number of piperidine rings is 1. The molecule has 2 aromatic rings. The third kappa shape index (κ3) is 4.00. The van der Waals surface area contributed by atoms with Crippen LogP contribution in [0.2, 0.25) is 0 Å². The van der Waals surface area contributed by atoms with Crippen LogP contribution < -0.4 is 0 Å². The van der Waals surface area contributed by atoms with Crippen molar-refractivity contribution in [1.82, 2.24) is 19.4 Å². The molecular formula is C18H24N4O2. The Morgan fingerprint density at radius 2 is 2.17 bits per heavy atom. The summed E-state index contributed by atoms with van der Waals surface area (Å²) < 4.78 is 7.44. The van der Waals surface area contributed by atoms with Gasteiger partial charge >= 0.3 is 0 Å². The highest BCUT2D eigenvalue weighted by Gasteiger charge is 2.27. The average Bonchev–Trinajstić information content (AvgIpc) is 3.09. The molecule has 0 N–H and O–H groups in total. The predicted molar refractivity (Wildman–Crippen MR) is 90.6 cm³/mol. The number of carbonyl (C=O) groups excluding carboxylic acids is 1. The van der Waals surface area contributed by atoms with Crippen molar-refractivity contribution in [3.63, 3.8) is 0 Å². The molecule has 0 aliphatic carbocycles. The van der Waals surface area contributed by atoms with Crippen molar-refractivity contribution in [3.8, 4) is 0 Å². The summed E-state index contributed by atoms with van der Waals surface area (Å²) in [6.45, 7) is 4.96. The second kappa shape index (κ2) is 8.06. The van der Waals surface area contributed by atoms with Crippen LogP contribution in [-0.2, 0) is 16.1 Å². The maximum Gasteiger partial charge on any atom is 0.248 e. The van der Waals surface area contributed by atoms with Crippen LogP contribution >= 0.6 is 0 Å². The van der Waals surface area contributed by atoms with Gasteiger partial charge in [-0.3, -0.25) is 9.78 Å². The molecule has 24 heavy (non-hydrogen) atoms. The molecule has 0 saturated carbocycles. The number of ether oxygens (including phenoxy) is 1. The summed E-state index contributed by atoms with van der Waals surface area (Å²) >= 11 is 0. The van der Waals surface area contributed by atoms with E-state index in [0.717, 1.165) is 38.3 Å². The summed E-state index contributed by atoms with van der Waals surface area (Å²) in [5.74, 6) is 1.41. The number of nitrogens with zero attached hydrogens (tertiary/aromatic N) is 4. The van der Waals surface area contributed by atoms with E-state index in [1.54, 1.807) is 12.4 Å². The molecule has 0 aromatic carbocycles. The third-order valence-electron chi connectivity index (χ3n) is 4.42. The van der Waals surface area contributed by atoms with Crippen molar-refractivity contribution in [2.45, 2.75) is 32.2 Å². The van der Waals surface area contributed by atoms with Crippen LogP contribution in [0.4, 0.5) is 0 Å². The molecule has 2 aromatic heterocycles. The van der Waals surface area contributed by atoms with Crippen LogP contribution in [-0.4, -0.2) is 51.6 Å². The Kier molecular flexibility index (Phi) is 5.59. The number of hydrogen-bond acceptors (Lipinski definition) is 4. The summed E-state index contributed by atoms with van der Waals surface area (Å²) in [4.78, 5) is 22.8. The molecule has 0 bridgehead atoms. The lowest BCUT2D eigenvalue weighted by Crippen LogP contribution is -2.41. The number of imidazole rings is 1. The smallest absolute Gasteiger partial charge is 0.248 e. The van der Waals surface area contributed by atoms with E-state index < -0.39 is 0 Å².